The Morgan fingerprint density at radius 3 is 1.44 bits per heavy atom. The second-order valence-electron chi connectivity index (χ2n) is 12.8. The molecule has 0 aliphatic carbocycles. The molecule has 0 heterocycles. The van der Waals surface area contributed by atoms with Crippen molar-refractivity contribution in [1.82, 2.24) is 0 Å². The predicted octanol–water partition coefficient (Wildman–Crippen LogP) is 13.0. The van der Waals surface area contributed by atoms with Crippen LogP contribution in [0.15, 0.2) is 85.1 Å². The molecule has 0 saturated carbocycles. The lowest BCUT2D eigenvalue weighted by molar-refractivity contribution is -0.163. The van der Waals surface area contributed by atoms with Gasteiger partial charge in [-0.2, -0.15) is 0 Å². The van der Waals surface area contributed by atoms with Gasteiger partial charge in [0.15, 0.2) is 6.10 Å². The topological polar surface area (TPSA) is 61.8 Å². The van der Waals surface area contributed by atoms with Gasteiger partial charge in [-0.1, -0.05) is 151 Å². The van der Waals surface area contributed by atoms with Crippen molar-refractivity contribution in [3.8, 4) is 0 Å². The maximum absolute atomic E-state index is 12.5. The van der Waals surface area contributed by atoms with E-state index in [0.29, 0.717) is 19.4 Å². The van der Waals surface area contributed by atoms with E-state index in [9.17, 15) is 9.59 Å². The first-order chi connectivity index (χ1) is 24.6. The van der Waals surface area contributed by atoms with Crippen molar-refractivity contribution in [2.24, 2.45) is 0 Å². The molecule has 1 unspecified atom stereocenters. The van der Waals surface area contributed by atoms with E-state index < -0.39 is 6.10 Å². The fourth-order valence-electron chi connectivity index (χ4n) is 5.00. The van der Waals surface area contributed by atoms with Gasteiger partial charge in [-0.3, -0.25) is 9.59 Å². The quantitative estimate of drug-likeness (QED) is 0.0375. The average Bonchev–Trinajstić information content (AvgIpc) is 3.11. The standard InChI is InChI=1S/C45H74O5/c1-4-7-10-13-15-17-19-21-23-24-26-28-30-33-35-38-44(46)49-42-43(50-45(47)39-36-32-12-9-6-3)41-48-40-37-34-31-29-27-25-22-20-18-16-14-11-8-5-2/h7-8,10-11,15-18,21-23,25,29,31,43H,4-6,9,12-14,19-20,24,26-28,30,32-42H2,1-3H3/b10-7-,11-8-,17-15-,18-16-,23-21-,25-22-,31-29-. The zero-order chi connectivity index (χ0) is 36.4. The van der Waals surface area contributed by atoms with Crippen molar-refractivity contribution in [3.05, 3.63) is 85.1 Å². The smallest absolute Gasteiger partial charge is 0.306 e. The first kappa shape index (κ1) is 47.1. The van der Waals surface area contributed by atoms with E-state index >= 15 is 0 Å². The molecule has 0 aliphatic rings. The van der Waals surface area contributed by atoms with E-state index in [0.717, 1.165) is 103 Å². The number of esters is 2. The molecule has 1 atom stereocenters. The Bertz CT molecular complexity index is 968. The number of ether oxygens (including phenoxy) is 3. The van der Waals surface area contributed by atoms with Crippen LogP contribution in [-0.2, 0) is 23.8 Å². The summed E-state index contributed by atoms with van der Waals surface area (Å²) in [5.41, 5.74) is 0. The third-order valence-electron chi connectivity index (χ3n) is 7.93. The van der Waals surface area contributed by atoms with Crippen molar-refractivity contribution in [2.75, 3.05) is 19.8 Å². The van der Waals surface area contributed by atoms with Crippen molar-refractivity contribution >= 4 is 11.9 Å². The molecular weight excluding hydrogens is 620 g/mol. The fraction of sp³-hybridized carbons (Fsp3) is 0.644. The van der Waals surface area contributed by atoms with Crippen LogP contribution in [0.3, 0.4) is 0 Å². The van der Waals surface area contributed by atoms with Gasteiger partial charge in [0.25, 0.3) is 0 Å². The molecule has 5 heteroatoms. The average molecular weight is 695 g/mol. The van der Waals surface area contributed by atoms with E-state index in [4.69, 9.17) is 14.2 Å². The molecule has 0 aromatic heterocycles. The molecule has 0 N–H and O–H groups in total. The van der Waals surface area contributed by atoms with Crippen LogP contribution in [0.5, 0.6) is 0 Å². The van der Waals surface area contributed by atoms with Crippen LogP contribution in [-0.4, -0.2) is 37.9 Å². The van der Waals surface area contributed by atoms with Gasteiger partial charge >= 0.3 is 11.9 Å². The molecule has 50 heavy (non-hydrogen) atoms. The summed E-state index contributed by atoms with van der Waals surface area (Å²) in [5, 5.41) is 0. The van der Waals surface area contributed by atoms with E-state index in [1.165, 1.54) is 25.7 Å². The number of allylic oxidation sites excluding steroid dienone is 14. The first-order valence-electron chi connectivity index (χ1n) is 20.1. The summed E-state index contributed by atoms with van der Waals surface area (Å²) < 4.78 is 17.0. The van der Waals surface area contributed by atoms with Gasteiger partial charge in [0.1, 0.15) is 6.61 Å². The molecule has 0 radical (unpaired) electrons. The van der Waals surface area contributed by atoms with E-state index in [1.807, 2.05) is 0 Å². The number of carbonyl (C=O) groups excluding carboxylic acids is 2. The van der Waals surface area contributed by atoms with Crippen LogP contribution in [0.25, 0.3) is 0 Å². The summed E-state index contributed by atoms with van der Waals surface area (Å²) in [5.74, 6) is -0.469. The number of hydrogen-bond donors (Lipinski definition) is 0. The van der Waals surface area contributed by atoms with Crippen molar-refractivity contribution in [3.63, 3.8) is 0 Å². The van der Waals surface area contributed by atoms with Gasteiger partial charge in [-0.05, 0) is 83.5 Å². The molecule has 0 spiro atoms. The molecule has 0 amide bonds. The lowest BCUT2D eigenvalue weighted by Gasteiger charge is -2.18. The zero-order valence-corrected chi connectivity index (χ0v) is 32.4. The van der Waals surface area contributed by atoms with Crippen LogP contribution in [0, 0.1) is 0 Å². The lowest BCUT2D eigenvalue weighted by atomic mass is 10.1. The molecular formula is C45H74O5. The summed E-state index contributed by atoms with van der Waals surface area (Å²) >= 11 is 0. The van der Waals surface area contributed by atoms with Gasteiger partial charge in [-0.15, -0.1) is 0 Å². The van der Waals surface area contributed by atoms with Crippen LogP contribution >= 0.6 is 0 Å². The number of carbonyl (C=O) groups is 2. The van der Waals surface area contributed by atoms with Crippen LogP contribution < -0.4 is 0 Å². The van der Waals surface area contributed by atoms with Crippen LogP contribution in [0.2, 0.25) is 0 Å². The lowest BCUT2D eigenvalue weighted by Crippen LogP contribution is -2.30. The Morgan fingerprint density at radius 2 is 0.900 bits per heavy atom. The summed E-state index contributed by atoms with van der Waals surface area (Å²) in [4.78, 5) is 24.9. The highest BCUT2D eigenvalue weighted by Gasteiger charge is 2.17. The highest BCUT2D eigenvalue weighted by Crippen LogP contribution is 2.11. The number of hydrogen-bond acceptors (Lipinski definition) is 5. The zero-order valence-electron chi connectivity index (χ0n) is 32.4. The number of rotatable bonds is 35. The molecule has 284 valence electrons. The third kappa shape index (κ3) is 37.9. The van der Waals surface area contributed by atoms with Gasteiger partial charge < -0.3 is 14.2 Å². The Labute approximate surface area is 308 Å². The minimum Gasteiger partial charge on any atom is -0.462 e. The normalized spacial score (nSPS) is 13.1. The molecule has 5 nitrogen and oxygen atoms in total. The van der Waals surface area contributed by atoms with E-state index in [2.05, 4.69) is 106 Å². The third-order valence-corrected chi connectivity index (χ3v) is 7.93. The monoisotopic (exact) mass is 695 g/mol. The van der Waals surface area contributed by atoms with E-state index in [-0.39, 0.29) is 25.2 Å². The molecule has 0 aromatic carbocycles. The minimum atomic E-state index is -0.569. The molecule has 0 saturated heterocycles. The molecule has 0 rings (SSSR count). The maximum atomic E-state index is 12.5. The maximum Gasteiger partial charge on any atom is 0.306 e. The Morgan fingerprint density at radius 1 is 0.460 bits per heavy atom. The molecule has 0 fully saturated rings. The highest BCUT2D eigenvalue weighted by atomic mass is 16.6. The van der Waals surface area contributed by atoms with Gasteiger partial charge in [0.2, 0.25) is 0 Å². The summed E-state index contributed by atoms with van der Waals surface area (Å²) in [6, 6.07) is 0. The molecule has 0 aliphatic heterocycles. The van der Waals surface area contributed by atoms with Gasteiger partial charge in [0.05, 0.1) is 6.61 Å². The Balaban J connectivity index is 4.24. The second kappa shape index (κ2) is 40.5. The van der Waals surface area contributed by atoms with E-state index in [1.54, 1.807) is 0 Å². The van der Waals surface area contributed by atoms with Crippen LogP contribution in [0.1, 0.15) is 162 Å². The Kier molecular flexibility index (Phi) is 38.1. The first-order valence-corrected chi connectivity index (χ1v) is 20.1. The fourth-order valence-corrected chi connectivity index (χ4v) is 5.00. The van der Waals surface area contributed by atoms with Gasteiger partial charge in [-0.25, -0.2) is 0 Å². The summed E-state index contributed by atoms with van der Waals surface area (Å²) in [7, 11) is 0. The van der Waals surface area contributed by atoms with Crippen molar-refractivity contribution in [2.45, 2.75) is 168 Å². The summed E-state index contributed by atoms with van der Waals surface area (Å²) in [6.45, 7) is 7.34. The molecule has 0 aromatic rings. The predicted molar refractivity (Wildman–Crippen MR) is 214 cm³/mol. The van der Waals surface area contributed by atoms with Gasteiger partial charge in [0, 0.05) is 19.4 Å². The Hall–Kier alpha value is -2.92. The summed E-state index contributed by atoms with van der Waals surface area (Å²) in [6.07, 6.45) is 51.8. The molecule has 0 bridgehead atoms. The SMILES string of the molecule is CC/C=C\C/C=C\C/C=C\C/C=C\CCCOCC(COC(=O)CCCCCCC/C=C\C/C=C\C/C=C\CC)OC(=O)CCCCCCC. The number of unbranched alkanes of at least 4 members (excludes halogenated alkanes) is 10. The minimum absolute atomic E-state index is 0.0498. The van der Waals surface area contributed by atoms with Crippen LogP contribution in [0.4, 0.5) is 0 Å². The van der Waals surface area contributed by atoms with Crippen molar-refractivity contribution < 1.29 is 23.8 Å². The second-order valence-corrected chi connectivity index (χ2v) is 12.8. The largest absolute Gasteiger partial charge is 0.462 e. The highest BCUT2D eigenvalue weighted by molar-refractivity contribution is 5.70. The van der Waals surface area contributed by atoms with Crippen molar-refractivity contribution in [1.29, 1.82) is 0 Å².